The van der Waals surface area contributed by atoms with Crippen molar-refractivity contribution in [3.05, 3.63) is 70.5 Å². The van der Waals surface area contributed by atoms with Crippen LogP contribution in [0.25, 0.3) is 10.9 Å². The number of hydrogen-bond acceptors (Lipinski definition) is 4. The maximum Gasteiger partial charge on any atom is 0.190 e. The molecule has 0 spiro atoms. The number of methoxy groups -OCH3 is 1. The monoisotopic (exact) mass is 384 g/mol. The van der Waals surface area contributed by atoms with Crippen LogP contribution in [0.15, 0.2) is 53.7 Å². The van der Waals surface area contributed by atoms with Crippen LogP contribution in [0.5, 0.6) is 5.75 Å². The minimum absolute atomic E-state index is 0.108. The van der Waals surface area contributed by atoms with Gasteiger partial charge in [0.25, 0.3) is 0 Å². The van der Waals surface area contributed by atoms with Crippen LogP contribution in [-0.4, -0.2) is 27.4 Å². The van der Waals surface area contributed by atoms with Crippen molar-refractivity contribution in [1.29, 1.82) is 0 Å². The van der Waals surface area contributed by atoms with E-state index in [4.69, 9.17) is 4.74 Å². The lowest BCUT2D eigenvalue weighted by Gasteiger charge is -2.35. The molecule has 0 saturated carbocycles. The molecule has 5 nitrogen and oxygen atoms in total. The second-order valence-corrected chi connectivity index (χ2v) is 8.10. The van der Waals surface area contributed by atoms with Gasteiger partial charge in [-0.2, -0.15) is 0 Å². The second kappa shape index (κ2) is 7.36. The zero-order valence-electron chi connectivity index (χ0n) is 16.6. The van der Waals surface area contributed by atoms with E-state index < -0.39 is 11.0 Å². The van der Waals surface area contributed by atoms with Gasteiger partial charge >= 0.3 is 0 Å². The number of aliphatic hydroxyl groups is 1. The van der Waals surface area contributed by atoms with Crippen molar-refractivity contribution >= 4 is 10.9 Å². The SMILES string of the molecule is COc1ccc(F)cc1C(C)(C)CC(C)(O)Cn1ccc(=O)c2cnccc21. The standard InChI is InChI=1S/C22H25FN2O3/c1-21(2,17-11-15(23)5-6-20(17)28-4)13-22(3,27)14-25-10-8-19(26)16-12-24-9-7-18(16)25/h5-12,27H,13-14H2,1-4H3. The summed E-state index contributed by atoms with van der Waals surface area (Å²) in [6, 6.07) is 7.64. The summed E-state index contributed by atoms with van der Waals surface area (Å²) >= 11 is 0. The highest BCUT2D eigenvalue weighted by molar-refractivity contribution is 5.77. The first kappa shape index (κ1) is 20.0. The number of fused-ring (bicyclic) bond motifs is 1. The number of pyridine rings is 2. The Morgan fingerprint density at radius 2 is 1.96 bits per heavy atom. The van der Waals surface area contributed by atoms with E-state index in [0.29, 0.717) is 28.6 Å². The van der Waals surface area contributed by atoms with Gasteiger partial charge in [0, 0.05) is 30.2 Å². The minimum atomic E-state index is -1.12. The van der Waals surface area contributed by atoms with Crippen molar-refractivity contribution in [3.63, 3.8) is 0 Å². The third-order valence-corrected chi connectivity index (χ3v) is 5.00. The molecule has 0 saturated heterocycles. The first-order valence-electron chi connectivity index (χ1n) is 9.12. The molecule has 2 aromatic heterocycles. The Morgan fingerprint density at radius 1 is 1.21 bits per heavy atom. The fourth-order valence-electron chi connectivity index (χ4n) is 3.97. The molecular weight excluding hydrogens is 359 g/mol. The van der Waals surface area contributed by atoms with Gasteiger partial charge in [0.15, 0.2) is 5.43 Å². The molecule has 1 aromatic carbocycles. The summed E-state index contributed by atoms with van der Waals surface area (Å²) in [5, 5.41) is 11.7. The summed E-state index contributed by atoms with van der Waals surface area (Å²) in [5.41, 5.74) is -0.364. The Labute approximate surface area is 163 Å². The van der Waals surface area contributed by atoms with Crippen molar-refractivity contribution in [1.82, 2.24) is 9.55 Å². The largest absolute Gasteiger partial charge is 0.496 e. The smallest absolute Gasteiger partial charge is 0.190 e. The zero-order valence-corrected chi connectivity index (χ0v) is 16.6. The third kappa shape index (κ3) is 4.07. The molecule has 0 aliphatic carbocycles. The highest BCUT2D eigenvalue weighted by Gasteiger charge is 2.34. The first-order valence-corrected chi connectivity index (χ1v) is 9.12. The molecular formula is C22H25FN2O3. The van der Waals surface area contributed by atoms with Crippen LogP contribution in [0, 0.1) is 5.82 Å². The normalized spacial score (nSPS) is 14.1. The topological polar surface area (TPSA) is 64.3 Å². The number of halogens is 1. The van der Waals surface area contributed by atoms with Gasteiger partial charge in [0.05, 0.1) is 30.2 Å². The molecule has 148 valence electrons. The van der Waals surface area contributed by atoms with E-state index in [-0.39, 0.29) is 17.8 Å². The molecule has 0 bridgehead atoms. The molecule has 2 heterocycles. The summed E-state index contributed by atoms with van der Waals surface area (Å²) in [5.74, 6) is 0.240. The van der Waals surface area contributed by atoms with Gasteiger partial charge in [-0.05, 0) is 43.0 Å². The molecule has 0 radical (unpaired) electrons. The molecule has 0 fully saturated rings. The molecule has 1 unspecified atom stereocenters. The van der Waals surface area contributed by atoms with Crippen LogP contribution < -0.4 is 10.2 Å². The fourth-order valence-corrected chi connectivity index (χ4v) is 3.97. The Morgan fingerprint density at radius 3 is 2.68 bits per heavy atom. The molecule has 3 aromatic rings. The number of rotatable bonds is 6. The lowest BCUT2D eigenvalue weighted by atomic mass is 9.75. The van der Waals surface area contributed by atoms with E-state index in [1.54, 1.807) is 38.6 Å². The number of aromatic nitrogens is 2. The predicted octanol–water partition coefficient (Wildman–Crippen LogP) is 3.66. The highest BCUT2D eigenvalue weighted by atomic mass is 19.1. The van der Waals surface area contributed by atoms with Crippen molar-refractivity contribution < 1.29 is 14.2 Å². The Hall–Kier alpha value is -2.73. The summed E-state index contributed by atoms with van der Waals surface area (Å²) in [6.07, 6.45) is 5.19. The number of ether oxygens (including phenoxy) is 1. The van der Waals surface area contributed by atoms with Gasteiger partial charge in [0.2, 0.25) is 0 Å². The molecule has 0 aliphatic heterocycles. The average molecular weight is 384 g/mol. The van der Waals surface area contributed by atoms with Gasteiger partial charge in [-0.1, -0.05) is 13.8 Å². The maximum absolute atomic E-state index is 13.8. The lowest BCUT2D eigenvalue weighted by Crippen LogP contribution is -2.38. The van der Waals surface area contributed by atoms with E-state index in [1.165, 1.54) is 24.4 Å². The third-order valence-electron chi connectivity index (χ3n) is 5.00. The van der Waals surface area contributed by atoms with Crippen LogP contribution in [-0.2, 0) is 12.0 Å². The molecule has 0 aliphatic rings. The van der Waals surface area contributed by atoms with E-state index in [0.717, 1.165) is 0 Å². The first-order chi connectivity index (χ1) is 13.1. The highest BCUT2D eigenvalue weighted by Crippen LogP contribution is 2.38. The Bertz CT molecular complexity index is 1060. The van der Waals surface area contributed by atoms with Crippen molar-refractivity contribution in [2.45, 2.75) is 44.8 Å². The van der Waals surface area contributed by atoms with Gasteiger partial charge in [-0.25, -0.2) is 4.39 Å². The summed E-state index contributed by atoms with van der Waals surface area (Å²) < 4.78 is 21.1. The molecule has 6 heteroatoms. The van der Waals surface area contributed by atoms with Crippen LogP contribution in [0.4, 0.5) is 4.39 Å². The zero-order chi connectivity index (χ0) is 20.5. The molecule has 1 atom stereocenters. The Kier molecular flexibility index (Phi) is 5.26. The van der Waals surface area contributed by atoms with Crippen LogP contribution in [0.3, 0.4) is 0 Å². The quantitative estimate of drug-likeness (QED) is 0.704. The molecule has 28 heavy (non-hydrogen) atoms. The minimum Gasteiger partial charge on any atom is -0.496 e. The molecule has 0 amide bonds. The van der Waals surface area contributed by atoms with Gasteiger partial charge in [0.1, 0.15) is 11.6 Å². The number of nitrogens with zero attached hydrogens (tertiary/aromatic N) is 2. The van der Waals surface area contributed by atoms with E-state index in [1.807, 2.05) is 18.4 Å². The average Bonchev–Trinajstić information content (AvgIpc) is 2.63. The Balaban J connectivity index is 1.93. The maximum atomic E-state index is 13.8. The second-order valence-electron chi connectivity index (χ2n) is 8.10. The lowest BCUT2D eigenvalue weighted by molar-refractivity contribution is 0.0154. The van der Waals surface area contributed by atoms with Crippen LogP contribution in [0.2, 0.25) is 0 Å². The van der Waals surface area contributed by atoms with Crippen LogP contribution in [0.1, 0.15) is 32.8 Å². The van der Waals surface area contributed by atoms with Crippen molar-refractivity contribution in [3.8, 4) is 5.75 Å². The van der Waals surface area contributed by atoms with Gasteiger partial charge < -0.3 is 14.4 Å². The summed E-state index contributed by atoms with van der Waals surface area (Å²) in [7, 11) is 1.55. The van der Waals surface area contributed by atoms with Crippen molar-refractivity contribution in [2.75, 3.05) is 7.11 Å². The van der Waals surface area contributed by atoms with Gasteiger partial charge in [-0.15, -0.1) is 0 Å². The van der Waals surface area contributed by atoms with Gasteiger partial charge in [-0.3, -0.25) is 9.78 Å². The molecule has 3 rings (SSSR count). The fraction of sp³-hybridized carbons (Fsp3) is 0.364. The van der Waals surface area contributed by atoms with E-state index >= 15 is 0 Å². The molecule has 1 N–H and O–H groups in total. The number of benzene rings is 1. The summed E-state index contributed by atoms with van der Waals surface area (Å²) in [4.78, 5) is 16.1. The van der Waals surface area contributed by atoms with E-state index in [9.17, 15) is 14.3 Å². The number of hydrogen-bond donors (Lipinski definition) is 1. The summed E-state index contributed by atoms with van der Waals surface area (Å²) in [6.45, 7) is 5.92. The van der Waals surface area contributed by atoms with Crippen molar-refractivity contribution in [2.24, 2.45) is 0 Å². The van der Waals surface area contributed by atoms with E-state index in [2.05, 4.69) is 4.98 Å². The predicted molar refractivity (Wildman–Crippen MR) is 107 cm³/mol. The van der Waals surface area contributed by atoms with Crippen LogP contribution >= 0.6 is 0 Å².